The maximum atomic E-state index is 12.2. The second-order valence-corrected chi connectivity index (χ2v) is 7.62. The summed E-state index contributed by atoms with van der Waals surface area (Å²) in [4.78, 5) is 28.4. The number of hydrogen-bond donors (Lipinski definition) is 2. The smallest absolute Gasteiger partial charge is 0.251 e. The van der Waals surface area contributed by atoms with Gasteiger partial charge >= 0.3 is 0 Å². The van der Waals surface area contributed by atoms with E-state index in [2.05, 4.69) is 21.7 Å². The zero-order valence-electron chi connectivity index (χ0n) is 16.3. The average molecular weight is 414 g/mol. The van der Waals surface area contributed by atoms with Gasteiger partial charge in [0.1, 0.15) is 5.01 Å². The lowest BCUT2D eigenvalue weighted by Gasteiger charge is -2.03. The van der Waals surface area contributed by atoms with Crippen molar-refractivity contribution in [3.63, 3.8) is 0 Å². The number of fused-ring (bicyclic) bond motifs is 1. The molecule has 148 valence electrons. The number of aromatic nitrogens is 1. The molecular weight excluding hydrogens is 394 g/mol. The summed E-state index contributed by atoms with van der Waals surface area (Å²) in [6.45, 7) is 0. The van der Waals surface area contributed by atoms with Gasteiger partial charge in [-0.15, -0.1) is 11.3 Å². The molecule has 2 amide bonds. The van der Waals surface area contributed by atoms with Crippen molar-refractivity contribution in [3.8, 4) is 10.6 Å². The molecule has 30 heavy (non-hydrogen) atoms. The topological polar surface area (TPSA) is 71.1 Å². The van der Waals surface area contributed by atoms with Crippen molar-refractivity contribution in [2.45, 2.75) is 0 Å². The minimum Gasteiger partial charge on any atom is -0.355 e. The number of anilines is 1. The van der Waals surface area contributed by atoms with E-state index in [1.165, 1.54) is 6.08 Å². The van der Waals surface area contributed by atoms with Crippen LogP contribution in [0.5, 0.6) is 0 Å². The van der Waals surface area contributed by atoms with Gasteiger partial charge in [-0.3, -0.25) is 9.59 Å². The first-order chi connectivity index (χ1) is 14.6. The molecule has 4 aromatic rings. The van der Waals surface area contributed by atoms with E-state index in [4.69, 9.17) is 0 Å². The first kappa shape index (κ1) is 19.5. The summed E-state index contributed by atoms with van der Waals surface area (Å²) in [5, 5.41) is 6.38. The van der Waals surface area contributed by atoms with E-state index < -0.39 is 0 Å². The molecule has 0 aliphatic carbocycles. The van der Waals surface area contributed by atoms with Crippen LogP contribution in [0, 0.1) is 0 Å². The molecule has 5 nitrogen and oxygen atoms in total. The average Bonchev–Trinajstić information content (AvgIpc) is 3.22. The third-order valence-corrected chi connectivity index (χ3v) is 5.61. The lowest BCUT2D eigenvalue weighted by Crippen LogP contribution is -2.17. The van der Waals surface area contributed by atoms with Crippen LogP contribution in [0.15, 0.2) is 78.9 Å². The van der Waals surface area contributed by atoms with Gasteiger partial charge in [0, 0.05) is 29.9 Å². The Hall–Kier alpha value is -3.77. The van der Waals surface area contributed by atoms with Gasteiger partial charge in [0.25, 0.3) is 5.91 Å². The van der Waals surface area contributed by atoms with Gasteiger partial charge in [-0.25, -0.2) is 4.98 Å². The fraction of sp³-hybridized carbons (Fsp3) is 0.0417. The van der Waals surface area contributed by atoms with E-state index in [1.54, 1.807) is 48.7 Å². The highest BCUT2D eigenvalue weighted by Crippen LogP contribution is 2.30. The van der Waals surface area contributed by atoms with Gasteiger partial charge in [-0.05, 0) is 60.2 Å². The van der Waals surface area contributed by atoms with Crippen LogP contribution in [-0.2, 0) is 4.79 Å². The van der Waals surface area contributed by atoms with Gasteiger partial charge in [0.2, 0.25) is 5.91 Å². The van der Waals surface area contributed by atoms with Crippen molar-refractivity contribution in [2.75, 3.05) is 12.4 Å². The molecule has 0 bridgehead atoms. The molecule has 0 atom stereocenters. The molecule has 0 spiro atoms. The molecule has 6 heteroatoms. The van der Waals surface area contributed by atoms with Crippen LogP contribution in [0.3, 0.4) is 0 Å². The maximum absolute atomic E-state index is 12.2. The van der Waals surface area contributed by atoms with E-state index in [0.717, 1.165) is 26.4 Å². The molecule has 0 fully saturated rings. The second-order valence-electron chi connectivity index (χ2n) is 6.59. The molecule has 0 saturated carbocycles. The predicted octanol–water partition coefficient (Wildman–Crippen LogP) is 4.97. The summed E-state index contributed by atoms with van der Waals surface area (Å²) in [6, 6.07) is 22.7. The number of nitrogens with one attached hydrogen (secondary N) is 2. The fourth-order valence-electron chi connectivity index (χ4n) is 2.94. The molecule has 0 radical (unpaired) electrons. The predicted molar refractivity (Wildman–Crippen MR) is 123 cm³/mol. The van der Waals surface area contributed by atoms with Crippen LogP contribution in [0.25, 0.3) is 26.9 Å². The minimum absolute atomic E-state index is 0.141. The monoisotopic (exact) mass is 413 g/mol. The van der Waals surface area contributed by atoms with Crippen molar-refractivity contribution in [1.29, 1.82) is 0 Å². The van der Waals surface area contributed by atoms with Crippen LogP contribution in [0.2, 0.25) is 0 Å². The molecule has 1 heterocycles. The lowest BCUT2D eigenvalue weighted by atomic mass is 10.1. The molecule has 0 saturated heterocycles. The van der Waals surface area contributed by atoms with E-state index in [0.29, 0.717) is 11.3 Å². The number of carbonyl (C=O) groups is 2. The van der Waals surface area contributed by atoms with Crippen LogP contribution in [0.1, 0.15) is 15.9 Å². The van der Waals surface area contributed by atoms with Crippen molar-refractivity contribution in [2.24, 2.45) is 0 Å². The Kier molecular flexibility index (Phi) is 5.68. The summed E-state index contributed by atoms with van der Waals surface area (Å²) < 4.78 is 1.15. The van der Waals surface area contributed by atoms with Crippen LogP contribution >= 0.6 is 11.3 Å². The zero-order chi connectivity index (χ0) is 20.9. The SMILES string of the molecule is CNC(=O)c1ccc(/C=C/C(=O)Nc2ccc(-c3nc4ccccc4s3)cc2)cc1. The summed E-state index contributed by atoms with van der Waals surface area (Å²) in [6.07, 6.45) is 3.18. The Bertz CT molecular complexity index is 1190. The Morgan fingerprint density at radius 2 is 1.67 bits per heavy atom. The van der Waals surface area contributed by atoms with E-state index in [-0.39, 0.29) is 11.8 Å². The molecule has 0 aliphatic rings. The minimum atomic E-state index is -0.224. The number of carbonyl (C=O) groups excluding carboxylic acids is 2. The zero-order valence-corrected chi connectivity index (χ0v) is 17.1. The lowest BCUT2D eigenvalue weighted by molar-refractivity contribution is -0.111. The van der Waals surface area contributed by atoms with Gasteiger partial charge in [-0.1, -0.05) is 24.3 Å². The fourth-order valence-corrected chi connectivity index (χ4v) is 3.91. The number of hydrogen-bond acceptors (Lipinski definition) is 4. The number of benzene rings is 3. The molecule has 4 rings (SSSR count). The van der Waals surface area contributed by atoms with E-state index >= 15 is 0 Å². The quantitative estimate of drug-likeness (QED) is 0.454. The molecule has 0 unspecified atom stereocenters. The normalized spacial score (nSPS) is 11.0. The highest BCUT2D eigenvalue weighted by atomic mass is 32.1. The Morgan fingerprint density at radius 1 is 0.933 bits per heavy atom. The van der Waals surface area contributed by atoms with E-state index in [1.807, 2.05) is 42.5 Å². The van der Waals surface area contributed by atoms with Crippen molar-refractivity contribution < 1.29 is 9.59 Å². The second kappa shape index (κ2) is 8.71. The molecule has 0 aliphatic heterocycles. The summed E-state index contributed by atoms with van der Waals surface area (Å²) in [5.41, 5.74) is 4.13. The number of rotatable bonds is 5. The highest BCUT2D eigenvalue weighted by Gasteiger charge is 2.06. The van der Waals surface area contributed by atoms with Gasteiger partial charge in [-0.2, -0.15) is 0 Å². The summed E-state index contributed by atoms with van der Waals surface area (Å²) in [7, 11) is 1.59. The number of thiazole rings is 1. The Balaban J connectivity index is 1.39. The third kappa shape index (κ3) is 4.45. The Labute approximate surface area is 178 Å². The van der Waals surface area contributed by atoms with Crippen molar-refractivity contribution in [3.05, 3.63) is 90.0 Å². The van der Waals surface area contributed by atoms with E-state index in [9.17, 15) is 9.59 Å². The number of para-hydroxylation sites is 1. The van der Waals surface area contributed by atoms with Gasteiger partial charge < -0.3 is 10.6 Å². The van der Waals surface area contributed by atoms with Crippen molar-refractivity contribution in [1.82, 2.24) is 10.3 Å². The van der Waals surface area contributed by atoms with Gasteiger partial charge in [0.05, 0.1) is 10.2 Å². The standard InChI is InChI=1S/C24H19N3O2S/c1-25-23(29)17-9-6-16(7-10-17)8-15-22(28)26-19-13-11-18(12-14-19)24-27-20-4-2-3-5-21(20)30-24/h2-15H,1H3,(H,25,29)(H,26,28)/b15-8+. The number of amides is 2. The molecular formula is C24H19N3O2S. The summed E-state index contributed by atoms with van der Waals surface area (Å²) >= 11 is 1.65. The molecule has 2 N–H and O–H groups in total. The highest BCUT2D eigenvalue weighted by molar-refractivity contribution is 7.21. The third-order valence-electron chi connectivity index (χ3n) is 4.52. The maximum Gasteiger partial charge on any atom is 0.251 e. The van der Waals surface area contributed by atoms with Crippen LogP contribution in [0.4, 0.5) is 5.69 Å². The van der Waals surface area contributed by atoms with Crippen LogP contribution < -0.4 is 10.6 Å². The molecule has 1 aromatic heterocycles. The van der Waals surface area contributed by atoms with Gasteiger partial charge in [0.15, 0.2) is 0 Å². The largest absolute Gasteiger partial charge is 0.355 e. The first-order valence-electron chi connectivity index (χ1n) is 9.39. The number of nitrogens with zero attached hydrogens (tertiary/aromatic N) is 1. The van der Waals surface area contributed by atoms with Crippen LogP contribution in [-0.4, -0.2) is 23.8 Å². The molecule has 3 aromatic carbocycles. The summed E-state index contributed by atoms with van der Waals surface area (Å²) in [5.74, 6) is -0.365. The Morgan fingerprint density at radius 3 is 2.37 bits per heavy atom. The van der Waals surface area contributed by atoms with Crippen molar-refractivity contribution >= 4 is 45.1 Å². The first-order valence-corrected chi connectivity index (χ1v) is 10.2.